The molecule has 1 atom stereocenters. The summed E-state index contributed by atoms with van der Waals surface area (Å²) in [6.07, 6.45) is 1.80. The Kier molecular flexibility index (Phi) is 3.08. The van der Waals surface area contributed by atoms with Crippen LogP contribution in [-0.4, -0.2) is 29.1 Å². The van der Waals surface area contributed by atoms with Crippen LogP contribution in [0.15, 0.2) is 24.1 Å². The zero-order valence-electron chi connectivity index (χ0n) is 7.29. The Morgan fingerprint density at radius 1 is 1.69 bits per heavy atom. The molecule has 1 unspecified atom stereocenters. The van der Waals surface area contributed by atoms with Gasteiger partial charge in [0.15, 0.2) is 11.5 Å². The second-order valence-corrected chi connectivity index (χ2v) is 2.94. The maximum absolute atomic E-state index is 11.0. The molecule has 0 saturated heterocycles. The van der Waals surface area contributed by atoms with Gasteiger partial charge in [0.25, 0.3) is 0 Å². The molecule has 0 fully saturated rings. The standard InChI is InChI=1S/C9H13NO3/c1-2-3-10-8-6(5-11)4-7(12)9(8)13/h2,6,10-11,13H,1,3-5H2. The van der Waals surface area contributed by atoms with Crippen LogP contribution in [0.3, 0.4) is 0 Å². The zero-order valence-corrected chi connectivity index (χ0v) is 7.29. The van der Waals surface area contributed by atoms with Crippen LogP contribution in [0.25, 0.3) is 0 Å². The summed E-state index contributed by atoms with van der Waals surface area (Å²) in [4.78, 5) is 11.0. The molecule has 72 valence electrons. The van der Waals surface area contributed by atoms with Gasteiger partial charge in [-0.3, -0.25) is 4.79 Å². The van der Waals surface area contributed by atoms with Gasteiger partial charge >= 0.3 is 0 Å². The molecule has 0 aromatic carbocycles. The average molecular weight is 183 g/mol. The van der Waals surface area contributed by atoms with Crippen LogP contribution >= 0.6 is 0 Å². The number of carbonyl (C=O) groups is 1. The van der Waals surface area contributed by atoms with Crippen LogP contribution in [0.1, 0.15) is 6.42 Å². The molecule has 0 spiro atoms. The minimum absolute atomic E-state index is 0.130. The molecule has 0 aromatic heterocycles. The average Bonchev–Trinajstić information content (AvgIpc) is 2.40. The molecule has 0 heterocycles. The molecular formula is C9H13NO3. The molecule has 13 heavy (non-hydrogen) atoms. The van der Waals surface area contributed by atoms with Gasteiger partial charge in [-0.25, -0.2) is 0 Å². The van der Waals surface area contributed by atoms with E-state index < -0.39 is 0 Å². The first-order chi connectivity index (χ1) is 6.20. The van der Waals surface area contributed by atoms with Crippen molar-refractivity contribution in [3.63, 3.8) is 0 Å². The van der Waals surface area contributed by atoms with Crippen molar-refractivity contribution in [2.24, 2.45) is 5.92 Å². The lowest BCUT2D eigenvalue weighted by molar-refractivity contribution is -0.117. The van der Waals surface area contributed by atoms with Gasteiger partial charge in [-0.1, -0.05) is 6.08 Å². The van der Waals surface area contributed by atoms with Gasteiger partial charge in [-0.05, 0) is 0 Å². The van der Waals surface area contributed by atoms with Crippen LogP contribution < -0.4 is 5.32 Å². The third-order valence-electron chi connectivity index (χ3n) is 2.02. The van der Waals surface area contributed by atoms with Gasteiger partial charge in [-0.15, -0.1) is 6.58 Å². The summed E-state index contributed by atoms with van der Waals surface area (Å²) in [5, 5.41) is 21.1. The molecule has 4 heteroatoms. The molecule has 1 rings (SSSR count). The Hall–Kier alpha value is -1.29. The van der Waals surface area contributed by atoms with E-state index in [1.807, 2.05) is 0 Å². The normalized spacial score (nSPS) is 22.2. The fraction of sp³-hybridized carbons (Fsp3) is 0.444. The summed E-state index contributed by atoms with van der Waals surface area (Å²) in [7, 11) is 0. The highest BCUT2D eigenvalue weighted by Gasteiger charge is 2.31. The van der Waals surface area contributed by atoms with Crippen LogP contribution in [0.4, 0.5) is 0 Å². The fourth-order valence-corrected chi connectivity index (χ4v) is 1.33. The summed E-state index contributed by atoms with van der Waals surface area (Å²) in [6.45, 7) is 3.85. The van der Waals surface area contributed by atoms with Crippen molar-refractivity contribution >= 4 is 5.78 Å². The number of nitrogens with one attached hydrogen (secondary N) is 1. The highest BCUT2D eigenvalue weighted by atomic mass is 16.3. The molecule has 0 saturated carbocycles. The molecule has 1 aliphatic rings. The van der Waals surface area contributed by atoms with Gasteiger partial charge in [0.05, 0.1) is 12.3 Å². The van der Waals surface area contributed by atoms with E-state index in [0.717, 1.165) is 0 Å². The van der Waals surface area contributed by atoms with Crippen molar-refractivity contribution in [2.45, 2.75) is 6.42 Å². The quantitative estimate of drug-likeness (QED) is 0.541. The Morgan fingerprint density at radius 3 is 2.92 bits per heavy atom. The number of rotatable bonds is 4. The predicted octanol–water partition coefficient (Wildman–Crippen LogP) is 0.113. The third kappa shape index (κ3) is 1.89. The van der Waals surface area contributed by atoms with Gasteiger partial charge in [0.1, 0.15) is 0 Å². The monoisotopic (exact) mass is 183 g/mol. The fourth-order valence-electron chi connectivity index (χ4n) is 1.33. The lowest BCUT2D eigenvalue weighted by Crippen LogP contribution is -2.20. The summed E-state index contributed by atoms with van der Waals surface area (Å²) < 4.78 is 0. The second-order valence-electron chi connectivity index (χ2n) is 2.94. The Morgan fingerprint density at radius 2 is 2.38 bits per heavy atom. The number of hydrogen-bond acceptors (Lipinski definition) is 4. The van der Waals surface area contributed by atoms with Crippen LogP contribution in [0.5, 0.6) is 0 Å². The van der Waals surface area contributed by atoms with Crippen molar-refractivity contribution in [2.75, 3.05) is 13.2 Å². The lowest BCUT2D eigenvalue weighted by atomic mass is 10.1. The smallest absolute Gasteiger partial charge is 0.199 e. The summed E-state index contributed by atoms with van der Waals surface area (Å²) in [5.41, 5.74) is 0.437. The van der Waals surface area contributed by atoms with Crippen molar-refractivity contribution in [1.29, 1.82) is 0 Å². The Labute approximate surface area is 76.6 Å². The molecule has 1 aliphatic carbocycles. The van der Waals surface area contributed by atoms with Gasteiger partial charge < -0.3 is 15.5 Å². The highest BCUT2D eigenvalue weighted by Crippen LogP contribution is 2.25. The number of aliphatic hydroxyl groups excluding tert-OH is 2. The molecule has 4 nitrogen and oxygen atoms in total. The van der Waals surface area contributed by atoms with Crippen LogP contribution in [0, 0.1) is 5.92 Å². The lowest BCUT2D eigenvalue weighted by Gasteiger charge is -2.11. The van der Waals surface area contributed by atoms with Crippen LogP contribution in [-0.2, 0) is 4.79 Å². The van der Waals surface area contributed by atoms with E-state index in [9.17, 15) is 9.90 Å². The maximum atomic E-state index is 11.0. The molecule has 0 aliphatic heterocycles. The predicted molar refractivity (Wildman–Crippen MR) is 48.1 cm³/mol. The van der Waals surface area contributed by atoms with E-state index in [0.29, 0.717) is 12.2 Å². The number of Topliss-reactive ketones (excluding diaryl/α,β-unsaturated/α-hetero) is 1. The van der Waals surface area contributed by atoms with E-state index in [1.165, 1.54) is 0 Å². The van der Waals surface area contributed by atoms with E-state index in [4.69, 9.17) is 5.11 Å². The van der Waals surface area contributed by atoms with Crippen molar-refractivity contribution in [1.82, 2.24) is 5.32 Å². The number of ketones is 1. The first kappa shape index (κ1) is 9.80. The third-order valence-corrected chi connectivity index (χ3v) is 2.02. The first-order valence-corrected chi connectivity index (χ1v) is 4.12. The van der Waals surface area contributed by atoms with Crippen molar-refractivity contribution in [3.8, 4) is 0 Å². The van der Waals surface area contributed by atoms with Crippen LogP contribution in [0.2, 0.25) is 0 Å². The number of carbonyl (C=O) groups excluding carboxylic acids is 1. The molecule has 0 bridgehead atoms. The topological polar surface area (TPSA) is 69.6 Å². The Bertz CT molecular complexity index is 258. The van der Waals surface area contributed by atoms with Crippen molar-refractivity contribution in [3.05, 3.63) is 24.1 Å². The van der Waals surface area contributed by atoms with Crippen molar-refractivity contribution < 1.29 is 15.0 Å². The van der Waals surface area contributed by atoms with E-state index in [1.54, 1.807) is 6.08 Å². The SMILES string of the molecule is C=CCNC1=C(O)C(=O)CC1CO. The number of aliphatic hydroxyl groups is 2. The summed E-state index contributed by atoms with van der Waals surface area (Å²) in [5.74, 6) is -0.848. The maximum Gasteiger partial charge on any atom is 0.199 e. The number of allylic oxidation sites excluding steroid dienone is 1. The molecule has 0 radical (unpaired) electrons. The first-order valence-electron chi connectivity index (χ1n) is 4.12. The Balaban J connectivity index is 2.74. The van der Waals surface area contributed by atoms with E-state index in [-0.39, 0.29) is 30.5 Å². The minimum atomic E-state index is -0.314. The largest absolute Gasteiger partial charge is 0.503 e. The molecule has 0 aromatic rings. The molecule has 0 amide bonds. The molecule has 3 N–H and O–H groups in total. The second kappa shape index (κ2) is 4.09. The number of hydrogen-bond donors (Lipinski definition) is 3. The highest BCUT2D eigenvalue weighted by molar-refractivity contribution is 5.96. The summed E-state index contributed by atoms with van der Waals surface area (Å²) >= 11 is 0. The summed E-state index contributed by atoms with van der Waals surface area (Å²) in [6, 6.07) is 0. The molecular weight excluding hydrogens is 170 g/mol. The minimum Gasteiger partial charge on any atom is -0.503 e. The van der Waals surface area contributed by atoms with E-state index >= 15 is 0 Å². The van der Waals surface area contributed by atoms with Gasteiger partial charge in [0.2, 0.25) is 0 Å². The van der Waals surface area contributed by atoms with Gasteiger partial charge in [0, 0.05) is 18.9 Å². The van der Waals surface area contributed by atoms with Gasteiger partial charge in [-0.2, -0.15) is 0 Å². The van der Waals surface area contributed by atoms with E-state index in [2.05, 4.69) is 11.9 Å². The zero-order chi connectivity index (χ0) is 9.84.